The van der Waals surface area contributed by atoms with E-state index in [1.807, 2.05) is 6.20 Å². The molecule has 2 heterocycles. The third-order valence-corrected chi connectivity index (χ3v) is 3.46. The van der Waals surface area contributed by atoms with Crippen molar-refractivity contribution in [1.82, 2.24) is 10.3 Å². The van der Waals surface area contributed by atoms with Crippen LogP contribution in [-0.4, -0.2) is 25.2 Å². The fourth-order valence-electron chi connectivity index (χ4n) is 2.08. The van der Waals surface area contributed by atoms with E-state index >= 15 is 0 Å². The summed E-state index contributed by atoms with van der Waals surface area (Å²) in [6, 6.07) is 0. The summed E-state index contributed by atoms with van der Waals surface area (Å²) in [6.07, 6.45) is 6.07. The molecule has 1 aromatic heterocycles. The van der Waals surface area contributed by atoms with Crippen molar-refractivity contribution in [3.8, 4) is 5.75 Å². The zero-order valence-electron chi connectivity index (χ0n) is 8.79. The molecule has 0 amide bonds. The number of piperidine rings is 1. The van der Waals surface area contributed by atoms with Gasteiger partial charge in [-0.2, -0.15) is 0 Å². The zero-order chi connectivity index (χ0) is 10.7. The van der Waals surface area contributed by atoms with Gasteiger partial charge < -0.3 is 10.1 Å². The molecule has 1 N–H and O–H groups in total. The van der Waals surface area contributed by atoms with Gasteiger partial charge in [-0.15, -0.1) is 0 Å². The van der Waals surface area contributed by atoms with E-state index in [2.05, 4.69) is 26.2 Å². The smallest absolute Gasteiger partial charge is 0.141 e. The van der Waals surface area contributed by atoms with Crippen molar-refractivity contribution in [3.05, 3.63) is 22.4 Å². The van der Waals surface area contributed by atoms with Crippen molar-refractivity contribution in [3.63, 3.8) is 0 Å². The first kappa shape index (κ1) is 10.9. The molecule has 82 valence electrons. The van der Waals surface area contributed by atoms with Crippen LogP contribution in [0.15, 0.2) is 16.9 Å². The van der Waals surface area contributed by atoms with E-state index in [0.717, 1.165) is 23.3 Å². The van der Waals surface area contributed by atoms with E-state index in [9.17, 15) is 0 Å². The van der Waals surface area contributed by atoms with Gasteiger partial charge in [0.2, 0.25) is 0 Å². The molecule has 1 unspecified atom stereocenters. The van der Waals surface area contributed by atoms with E-state index in [4.69, 9.17) is 4.74 Å². The van der Waals surface area contributed by atoms with Crippen LogP contribution in [0.4, 0.5) is 0 Å². The Hall–Kier alpha value is -0.610. The molecular weight excluding hydrogens is 256 g/mol. The maximum absolute atomic E-state index is 5.36. The molecular formula is C11H15BrN2O. The molecule has 2 rings (SSSR count). The minimum Gasteiger partial charge on any atom is -0.495 e. The number of ether oxygens (including phenoxy) is 1. The molecule has 0 radical (unpaired) electrons. The number of nitrogens with one attached hydrogen (secondary N) is 1. The lowest BCUT2D eigenvalue weighted by atomic mass is 9.92. The number of methoxy groups -OCH3 is 1. The van der Waals surface area contributed by atoms with Gasteiger partial charge in [-0.1, -0.05) is 0 Å². The first-order chi connectivity index (χ1) is 7.33. The van der Waals surface area contributed by atoms with Gasteiger partial charge in [0.15, 0.2) is 0 Å². The zero-order valence-corrected chi connectivity index (χ0v) is 10.4. The van der Waals surface area contributed by atoms with Crippen LogP contribution >= 0.6 is 15.9 Å². The molecule has 1 atom stereocenters. The predicted molar refractivity (Wildman–Crippen MR) is 63.3 cm³/mol. The summed E-state index contributed by atoms with van der Waals surface area (Å²) in [4.78, 5) is 4.12. The van der Waals surface area contributed by atoms with Gasteiger partial charge in [0.25, 0.3) is 0 Å². The third-order valence-electron chi connectivity index (χ3n) is 2.83. The van der Waals surface area contributed by atoms with Crippen LogP contribution in [0.5, 0.6) is 5.75 Å². The number of hydrogen-bond acceptors (Lipinski definition) is 3. The second-order valence-electron chi connectivity index (χ2n) is 3.78. The maximum Gasteiger partial charge on any atom is 0.141 e. The Balaban J connectivity index is 2.31. The van der Waals surface area contributed by atoms with Crippen molar-refractivity contribution in [2.45, 2.75) is 18.8 Å². The van der Waals surface area contributed by atoms with Gasteiger partial charge in [0.05, 0.1) is 13.3 Å². The first-order valence-corrected chi connectivity index (χ1v) is 6.00. The summed E-state index contributed by atoms with van der Waals surface area (Å²) in [5, 5.41) is 3.42. The predicted octanol–water partition coefficient (Wildman–Crippen LogP) is 2.32. The van der Waals surface area contributed by atoms with Gasteiger partial charge in [-0.3, -0.25) is 4.98 Å². The first-order valence-electron chi connectivity index (χ1n) is 5.21. The summed E-state index contributed by atoms with van der Waals surface area (Å²) in [7, 11) is 1.70. The van der Waals surface area contributed by atoms with E-state index in [-0.39, 0.29) is 0 Å². The second-order valence-corrected chi connectivity index (χ2v) is 4.63. The summed E-state index contributed by atoms with van der Waals surface area (Å²) in [5.41, 5.74) is 1.25. The molecule has 1 fully saturated rings. The fraction of sp³-hybridized carbons (Fsp3) is 0.545. The Labute approximate surface area is 98.4 Å². The fourth-order valence-corrected chi connectivity index (χ4v) is 2.72. The highest BCUT2D eigenvalue weighted by Gasteiger charge is 2.21. The van der Waals surface area contributed by atoms with E-state index < -0.39 is 0 Å². The minimum absolute atomic E-state index is 0.533. The molecule has 1 aliphatic rings. The quantitative estimate of drug-likeness (QED) is 0.896. The summed E-state index contributed by atoms with van der Waals surface area (Å²) in [6.45, 7) is 2.15. The van der Waals surface area contributed by atoms with Crippen molar-refractivity contribution >= 4 is 15.9 Å². The number of pyridine rings is 1. The largest absolute Gasteiger partial charge is 0.495 e. The van der Waals surface area contributed by atoms with Crippen LogP contribution in [0.3, 0.4) is 0 Å². The topological polar surface area (TPSA) is 34.1 Å². The van der Waals surface area contributed by atoms with Crippen molar-refractivity contribution < 1.29 is 4.74 Å². The summed E-state index contributed by atoms with van der Waals surface area (Å²) >= 11 is 3.55. The molecule has 0 spiro atoms. The molecule has 3 nitrogen and oxygen atoms in total. The van der Waals surface area contributed by atoms with Gasteiger partial charge >= 0.3 is 0 Å². The second kappa shape index (κ2) is 4.94. The summed E-state index contributed by atoms with van der Waals surface area (Å²) in [5.74, 6) is 1.42. The van der Waals surface area contributed by atoms with Crippen LogP contribution in [-0.2, 0) is 0 Å². The van der Waals surface area contributed by atoms with Crippen LogP contribution in [0, 0.1) is 0 Å². The van der Waals surface area contributed by atoms with Gasteiger partial charge in [-0.05, 0) is 35.3 Å². The van der Waals surface area contributed by atoms with Crippen molar-refractivity contribution in [2.75, 3.05) is 20.2 Å². The lowest BCUT2D eigenvalue weighted by molar-refractivity contribution is 0.389. The standard InChI is InChI=1S/C11H15BrN2O/c1-15-10-7-14-6-9(12)11(10)8-3-2-4-13-5-8/h6-8,13H,2-5H2,1H3. The molecule has 0 bridgehead atoms. The molecule has 4 heteroatoms. The number of hydrogen-bond donors (Lipinski definition) is 1. The SMILES string of the molecule is COc1cncc(Br)c1C1CCCNC1. The van der Waals surface area contributed by atoms with Crippen LogP contribution in [0.25, 0.3) is 0 Å². The summed E-state index contributed by atoms with van der Waals surface area (Å²) < 4.78 is 6.41. The lowest BCUT2D eigenvalue weighted by Crippen LogP contribution is -2.28. The van der Waals surface area contributed by atoms with Gasteiger partial charge in [0.1, 0.15) is 5.75 Å². The molecule has 0 saturated carbocycles. The average Bonchev–Trinajstić information content (AvgIpc) is 2.29. The van der Waals surface area contributed by atoms with Crippen molar-refractivity contribution in [1.29, 1.82) is 0 Å². The van der Waals surface area contributed by atoms with Crippen LogP contribution in [0.2, 0.25) is 0 Å². The van der Waals surface area contributed by atoms with Crippen molar-refractivity contribution in [2.24, 2.45) is 0 Å². The van der Waals surface area contributed by atoms with Crippen LogP contribution in [0.1, 0.15) is 24.3 Å². The lowest BCUT2D eigenvalue weighted by Gasteiger charge is -2.25. The highest BCUT2D eigenvalue weighted by molar-refractivity contribution is 9.10. The molecule has 0 aromatic carbocycles. The highest BCUT2D eigenvalue weighted by Crippen LogP contribution is 2.35. The Morgan fingerprint density at radius 1 is 1.53 bits per heavy atom. The van der Waals surface area contributed by atoms with Crippen LogP contribution < -0.4 is 10.1 Å². The molecule has 0 aliphatic carbocycles. The van der Waals surface area contributed by atoms with E-state index in [1.165, 1.54) is 18.4 Å². The number of rotatable bonds is 2. The van der Waals surface area contributed by atoms with E-state index in [1.54, 1.807) is 13.3 Å². The molecule has 1 aliphatic heterocycles. The number of halogens is 1. The Kier molecular flexibility index (Phi) is 3.59. The molecule has 1 saturated heterocycles. The Morgan fingerprint density at radius 2 is 2.40 bits per heavy atom. The Morgan fingerprint density at radius 3 is 3.07 bits per heavy atom. The molecule has 1 aromatic rings. The normalized spacial score (nSPS) is 21.3. The number of nitrogens with zero attached hydrogens (tertiary/aromatic N) is 1. The van der Waals surface area contributed by atoms with Gasteiger partial charge in [-0.25, -0.2) is 0 Å². The minimum atomic E-state index is 0.533. The monoisotopic (exact) mass is 270 g/mol. The maximum atomic E-state index is 5.36. The molecule has 15 heavy (non-hydrogen) atoms. The third kappa shape index (κ3) is 2.32. The van der Waals surface area contributed by atoms with E-state index in [0.29, 0.717) is 5.92 Å². The average molecular weight is 271 g/mol. The highest BCUT2D eigenvalue weighted by atomic mass is 79.9. The Bertz CT molecular complexity index is 337. The number of aromatic nitrogens is 1. The van der Waals surface area contributed by atoms with Gasteiger partial charge in [0, 0.05) is 28.7 Å².